The third-order valence-corrected chi connectivity index (χ3v) is 5.60. The molecule has 2 N–H and O–H groups in total. The van der Waals surface area contributed by atoms with Crippen LogP contribution >= 0.6 is 0 Å². The number of nitrogens with one attached hydrogen (secondary N) is 2. The van der Waals surface area contributed by atoms with E-state index in [2.05, 4.69) is 10.0 Å². The molecule has 0 unspecified atom stereocenters. The van der Waals surface area contributed by atoms with Gasteiger partial charge in [-0.05, 0) is 52.6 Å². The summed E-state index contributed by atoms with van der Waals surface area (Å²) in [6, 6.07) is 1.76. The van der Waals surface area contributed by atoms with E-state index in [1.165, 1.54) is 0 Å². The van der Waals surface area contributed by atoms with Gasteiger partial charge in [0.15, 0.2) is 0 Å². The number of hydrogen-bond acceptors (Lipinski definition) is 3. The van der Waals surface area contributed by atoms with Crippen molar-refractivity contribution in [3.8, 4) is 0 Å². The predicted octanol–water partition coefficient (Wildman–Crippen LogP) is 1.69. The van der Waals surface area contributed by atoms with Crippen LogP contribution in [0.4, 0.5) is 0 Å². The van der Waals surface area contributed by atoms with Crippen LogP contribution in [0.1, 0.15) is 39.3 Å². The molecular formula is C14H25N3O2S. The summed E-state index contributed by atoms with van der Waals surface area (Å²) in [5.74, 6) is 0.460. The highest BCUT2D eigenvalue weighted by Gasteiger charge is 2.40. The lowest BCUT2D eigenvalue weighted by molar-refractivity contribution is 0.400. The number of sulfonamides is 1. The van der Waals surface area contributed by atoms with Gasteiger partial charge in [-0.3, -0.25) is 0 Å². The number of rotatable bonds is 7. The van der Waals surface area contributed by atoms with Gasteiger partial charge in [0.05, 0.1) is 4.90 Å². The van der Waals surface area contributed by atoms with Gasteiger partial charge in [-0.15, -0.1) is 0 Å². The molecule has 5 nitrogen and oxygen atoms in total. The molecule has 0 saturated heterocycles. The lowest BCUT2D eigenvalue weighted by Gasteiger charge is -2.25. The number of nitrogens with zero attached hydrogens (tertiary/aromatic N) is 1. The summed E-state index contributed by atoms with van der Waals surface area (Å²) in [7, 11) is -1.59. The molecule has 0 bridgehead atoms. The summed E-state index contributed by atoms with van der Waals surface area (Å²) >= 11 is 0. The van der Waals surface area contributed by atoms with Crippen molar-refractivity contribution in [2.24, 2.45) is 5.92 Å². The van der Waals surface area contributed by atoms with Crippen molar-refractivity contribution >= 4 is 10.0 Å². The SMILES string of the molecule is CCn1cc(S(=O)(=O)NC(C)(C)C2CC2)cc1CNC. The third-order valence-electron chi connectivity index (χ3n) is 3.97. The normalized spacial score (nSPS) is 16.6. The standard InChI is InChI=1S/C14H25N3O2S/c1-5-17-10-13(8-12(17)9-15-4)20(18,19)16-14(2,3)11-6-7-11/h8,10-11,15-16H,5-7,9H2,1-4H3. The van der Waals surface area contributed by atoms with E-state index in [1.807, 2.05) is 32.4 Å². The average molecular weight is 299 g/mol. The van der Waals surface area contributed by atoms with Crippen LogP contribution in [0.25, 0.3) is 0 Å². The maximum atomic E-state index is 12.5. The van der Waals surface area contributed by atoms with Gasteiger partial charge in [-0.2, -0.15) is 0 Å². The summed E-state index contributed by atoms with van der Waals surface area (Å²) in [5.41, 5.74) is 0.621. The van der Waals surface area contributed by atoms with E-state index < -0.39 is 10.0 Å². The van der Waals surface area contributed by atoms with Gasteiger partial charge >= 0.3 is 0 Å². The molecule has 1 saturated carbocycles. The highest BCUT2D eigenvalue weighted by molar-refractivity contribution is 7.89. The van der Waals surface area contributed by atoms with Crippen LogP contribution in [-0.2, 0) is 23.1 Å². The second-order valence-electron chi connectivity index (χ2n) is 6.08. The molecule has 0 spiro atoms. The molecule has 1 aliphatic carbocycles. The second-order valence-corrected chi connectivity index (χ2v) is 7.77. The van der Waals surface area contributed by atoms with Crippen LogP contribution in [-0.4, -0.2) is 25.6 Å². The minimum atomic E-state index is -3.45. The van der Waals surface area contributed by atoms with E-state index in [1.54, 1.807) is 12.3 Å². The van der Waals surface area contributed by atoms with Gasteiger partial charge in [-0.1, -0.05) is 0 Å². The van der Waals surface area contributed by atoms with Crippen LogP contribution in [0.2, 0.25) is 0 Å². The zero-order valence-electron chi connectivity index (χ0n) is 12.7. The van der Waals surface area contributed by atoms with Crippen molar-refractivity contribution in [1.29, 1.82) is 0 Å². The summed E-state index contributed by atoms with van der Waals surface area (Å²) in [6.45, 7) is 7.37. The second kappa shape index (κ2) is 5.50. The van der Waals surface area contributed by atoms with Gasteiger partial charge in [-0.25, -0.2) is 13.1 Å². The van der Waals surface area contributed by atoms with E-state index in [9.17, 15) is 8.42 Å². The topological polar surface area (TPSA) is 63.1 Å². The zero-order valence-corrected chi connectivity index (χ0v) is 13.5. The van der Waals surface area contributed by atoms with E-state index >= 15 is 0 Å². The Morgan fingerprint density at radius 3 is 2.55 bits per heavy atom. The fourth-order valence-corrected chi connectivity index (χ4v) is 4.12. The highest BCUT2D eigenvalue weighted by Crippen LogP contribution is 2.40. The summed E-state index contributed by atoms with van der Waals surface area (Å²) in [4.78, 5) is 0.360. The summed E-state index contributed by atoms with van der Waals surface area (Å²) in [5, 5.41) is 3.06. The van der Waals surface area contributed by atoms with Crippen molar-refractivity contribution in [2.75, 3.05) is 7.05 Å². The maximum Gasteiger partial charge on any atom is 0.242 e. The Morgan fingerprint density at radius 1 is 1.40 bits per heavy atom. The van der Waals surface area contributed by atoms with Gasteiger partial charge in [0.2, 0.25) is 10.0 Å². The molecule has 1 heterocycles. The molecule has 2 rings (SSSR count). The van der Waals surface area contributed by atoms with Crippen molar-refractivity contribution < 1.29 is 8.42 Å². The molecule has 1 aliphatic rings. The number of aromatic nitrogens is 1. The van der Waals surface area contributed by atoms with E-state index in [0.717, 1.165) is 25.1 Å². The molecule has 0 atom stereocenters. The Hall–Kier alpha value is -0.850. The Kier molecular flexibility index (Phi) is 4.27. The minimum Gasteiger partial charge on any atom is -0.349 e. The first kappa shape index (κ1) is 15.5. The van der Waals surface area contributed by atoms with E-state index in [0.29, 0.717) is 17.4 Å². The van der Waals surface area contributed by atoms with Crippen LogP contribution in [0.15, 0.2) is 17.2 Å². The average Bonchev–Trinajstić information content (AvgIpc) is 3.11. The smallest absolute Gasteiger partial charge is 0.242 e. The monoisotopic (exact) mass is 299 g/mol. The fraction of sp³-hybridized carbons (Fsp3) is 0.714. The van der Waals surface area contributed by atoms with Crippen molar-refractivity contribution in [3.05, 3.63) is 18.0 Å². The van der Waals surface area contributed by atoms with E-state index in [4.69, 9.17) is 0 Å². The van der Waals surface area contributed by atoms with E-state index in [-0.39, 0.29) is 5.54 Å². The minimum absolute atomic E-state index is 0.360. The lowest BCUT2D eigenvalue weighted by atomic mass is 10.0. The van der Waals surface area contributed by atoms with Crippen molar-refractivity contribution in [1.82, 2.24) is 14.6 Å². The van der Waals surface area contributed by atoms with Gasteiger partial charge in [0.1, 0.15) is 0 Å². The molecule has 1 fully saturated rings. The number of aryl methyl sites for hydroxylation is 1. The zero-order chi connectivity index (χ0) is 15.0. The van der Waals surface area contributed by atoms with Crippen LogP contribution in [0.3, 0.4) is 0 Å². The largest absolute Gasteiger partial charge is 0.349 e. The molecule has 20 heavy (non-hydrogen) atoms. The summed E-state index contributed by atoms with van der Waals surface area (Å²) in [6.07, 6.45) is 3.94. The summed E-state index contributed by atoms with van der Waals surface area (Å²) < 4.78 is 29.9. The first-order valence-electron chi connectivity index (χ1n) is 7.18. The lowest BCUT2D eigenvalue weighted by Crippen LogP contribution is -2.44. The van der Waals surface area contributed by atoms with Crippen LogP contribution in [0.5, 0.6) is 0 Å². The Bertz CT molecular complexity index is 571. The Balaban J connectivity index is 2.24. The van der Waals surface area contributed by atoms with Crippen LogP contribution < -0.4 is 10.0 Å². The molecule has 1 aromatic heterocycles. The molecular weight excluding hydrogens is 274 g/mol. The van der Waals surface area contributed by atoms with Gasteiger partial charge in [0.25, 0.3) is 0 Å². The first-order valence-corrected chi connectivity index (χ1v) is 8.66. The van der Waals surface area contributed by atoms with Crippen LogP contribution in [0, 0.1) is 5.92 Å². The Morgan fingerprint density at radius 2 is 2.05 bits per heavy atom. The predicted molar refractivity (Wildman–Crippen MR) is 80.0 cm³/mol. The van der Waals surface area contributed by atoms with Gasteiger partial charge < -0.3 is 9.88 Å². The molecule has 6 heteroatoms. The molecule has 1 aromatic rings. The molecule has 114 valence electrons. The van der Waals surface area contributed by atoms with Crippen molar-refractivity contribution in [3.63, 3.8) is 0 Å². The third kappa shape index (κ3) is 3.24. The fourth-order valence-electron chi connectivity index (χ4n) is 2.59. The molecule has 0 aromatic carbocycles. The molecule has 0 aliphatic heterocycles. The quantitative estimate of drug-likeness (QED) is 0.805. The highest BCUT2D eigenvalue weighted by atomic mass is 32.2. The first-order chi connectivity index (χ1) is 9.30. The van der Waals surface area contributed by atoms with Gasteiger partial charge in [0, 0.05) is 30.5 Å². The number of hydrogen-bond donors (Lipinski definition) is 2. The maximum absolute atomic E-state index is 12.5. The molecule has 0 radical (unpaired) electrons. The Labute approximate surface area is 121 Å². The van der Waals surface area contributed by atoms with Crippen molar-refractivity contribution in [2.45, 2.75) is 57.1 Å². The molecule has 0 amide bonds.